The van der Waals surface area contributed by atoms with E-state index < -0.39 is 0 Å². The molecule has 2 N–H and O–H groups in total. The second kappa shape index (κ2) is 6.50. The van der Waals surface area contributed by atoms with Crippen molar-refractivity contribution >= 4 is 34.6 Å². The summed E-state index contributed by atoms with van der Waals surface area (Å²) in [6.07, 6.45) is 3.53. The van der Waals surface area contributed by atoms with E-state index in [9.17, 15) is 0 Å². The predicted molar refractivity (Wildman–Crippen MR) is 83.5 cm³/mol. The van der Waals surface area contributed by atoms with Crippen LogP contribution in [-0.4, -0.2) is 10.1 Å². The fourth-order valence-corrected chi connectivity index (χ4v) is 2.05. The largest absolute Gasteiger partial charge is 0.356 e. The lowest BCUT2D eigenvalue weighted by Gasteiger charge is -2.17. The third-order valence-electron chi connectivity index (χ3n) is 2.66. The molecule has 0 radical (unpaired) electrons. The molecule has 0 aliphatic carbocycles. The molecule has 1 aromatic heterocycles. The maximum absolute atomic E-state index is 5.83. The van der Waals surface area contributed by atoms with Crippen LogP contribution in [0.25, 0.3) is 0 Å². The number of thiocarbonyl (C=S) groups is 1. The van der Waals surface area contributed by atoms with Crippen LogP contribution >= 0.6 is 23.8 Å². The Morgan fingerprint density at radius 1 is 1.16 bits per heavy atom. The average molecular weight is 292 g/mol. The van der Waals surface area contributed by atoms with Crippen molar-refractivity contribution in [3.05, 3.63) is 59.4 Å². The van der Waals surface area contributed by atoms with E-state index in [1.54, 1.807) is 12.4 Å². The molecule has 19 heavy (non-hydrogen) atoms. The van der Waals surface area contributed by atoms with Gasteiger partial charge in [-0.3, -0.25) is 4.98 Å². The molecule has 0 spiro atoms. The molecular weight excluding hydrogens is 278 g/mol. The van der Waals surface area contributed by atoms with Gasteiger partial charge < -0.3 is 10.6 Å². The van der Waals surface area contributed by atoms with Gasteiger partial charge in [0.15, 0.2) is 5.11 Å². The molecule has 2 aromatic rings. The van der Waals surface area contributed by atoms with Crippen LogP contribution in [0.2, 0.25) is 5.02 Å². The van der Waals surface area contributed by atoms with Gasteiger partial charge in [0.2, 0.25) is 0 Å². The zero-order valence-electron chi connectivity index (χ0n) is 10.4. The fraction of sp³-hybridized carbons (Fsp3) is 0.143. The molecule has 1 atom stereocenters. The number of anilines is 1. The highest BCUT2D eigenvalue weighted by molar-refractivity contribution is 7.80. The molecule has 0 amide bonds. The van der Waals surface area contributed by atoms with Crippen LogP contribution in [0.4, 0.5) is 5.69 Å². The molecule has 98 valence electrons. The highest BCUT2D eigenvalue weighted by Gasteiger charge is 2.06. The van der Waals surface area contributed by atoms with Crippen LogP contribution in [0.1, 0.15) is 18.5 Å². The molecule has 0 fully saturated rings. The lowest BCUT2D eigenvalue weighted by Crippen LogP contribution is -2.30. The first-order valence-electron chi connectivity index (χ1n) is 5.88. The zero-order valence-corrected chi connectivity index (χ0v) is 12.0. The van der Waals surface area contributed by atoms with Gasteiger partial charge in [-0.1, -0.05) is 11.6 Å². The predicted octanol–water partition coefficient (Wildman–Crippen LogP) is 3.78. The van der Waals surface area contributed by atoms with E-state index in [-0.39, 0.29) is 6.04 Å². The smallest absolute Gasteiger partial charge is 0.171 e. The molecular formula is C14H14ClN3S. The quantitative estimate of drug-likeness (QED) is 0.844. The summed E-state index contributed by atoms with van der Waals surface area (Å²) in [5, 5.41) is 7.61. The lowest BCUT2D eigenvalue weighted by molar-refractivity contribution is 0.721. The van der Waals surface area contributed by atoms with E-state index >= 15 is 0 Å². The summed E-state index contributed by atoms with van der Waals surface area (Å²) in [6.45, 7) is 2.05. The van der Waals surface area contributed by atoms with Gasteiger partial charge in [0.1, 0.15) is 0 Å². The molecule has 1 heterocycles. The summed E-state index contributed by atoms with van der Waals surface area (Å²) in [5.41, 5.74) is 2.04. The van der Waals surface area contributed by atoms with Gasteiger partial charge in [0.25, 0.3) is 0 Å². The second-order valence-corrected chi connectivity index (χ2v) is 4.95. The molecule has 1 unspecified atom stereocenters. The summed E-state index contributed by atoms with van der Waals surface area (Å²) in [4.78, 5) is 3.99. The number of hydrogen-bond donors (Lipinski definition) is 2. The fourth-order valence-electron chi connectivity index (χ4n) is 1.63. The molecule has 0 aliphatic heterocycles. The first-order valence-corrected chi connectivity index (χ1v) is 6.67. The number of nitrogens with zero attached hydrogens (tertiary/aromatic N) is 1. The first-order chi connectivity index (χ1) is 9.15. The third-order valence-corrected chi connectivity index (χ3v) is 3.13. The Kier molecular flexibility index (Phi) is 4.71. The molecule has 3 nitrogen and oxygen atoms in total. The number of pyridine rings is 1. The van der Waals surface area contributed by atoms with Gasteiger partial charge >= 0.3 is 0 Å². The molecule has 2 rings (SSSR count). The number of rotatable bonds is 3. The van der Waals surface area contributed by atoms with Gasteiger partial charge in [-0.2, -0.15) is 0 Å². The molecule has 1 aromatic carbocycles. The minimum atomic E-state index is 0.121. The van der Waals surface area contributed by atoms with Gasteiger partial charge in [0.05, 0.1) is 6.04 Å². The van der Waals surface area contributed by atoms with Gasteiger partial charge in [-0.25, -0.2) is 0 Å². The van der Waals surface area contributed by atoms with E-state index in [2.05, 4.69) is 15.6 Å². The number of nitrogens with one attached hydrogen (secondary N) is 2. The Labute approximate surface area is 123 Å². The number of benzene rings is 1. The summed E-state index contributed by atoms with van der Waals surface area (Å²) in [7, 11) is 0. The van der Waals surface area contributed by atoms with E-state index in [0.717, 1.165) is 11.3 Å². The van der Waals surface area contributed by atoms with Crippen LogP contribution in [0, 0.1) is 0 Å². The average Bonchev–Trinajstić information content (AvgIpc) is 2.42. The van der Waals surface area contributed by atoms with Crippen LogP contribution in [0.3, 0.4) is 0 Å². The normalized spacial score (nSPS) is 11.7. The molecule has 0 saturated heterocycles. The van der Waals surface area contributed by atoms with Crippen molar-refractivity contribution < 1.29 is 0 Å². The third kappa shape index (κ3) is 4.19. The van der Waals surface area contributed by atoms with Crippen molar-refractivity contribution in [3.8, 4) is 0 Å². The minimum absolute atomic E-state index is 0.121. The van der Waals surface area contributed by atoms with E-state index in [1.165, 1.54) is 0 Å². The SMILES string of the molecule is CC(NC(=S)Nc1ccc(Cl)cc1)c1ccncc1. The highest BCUT2D eigenvalue weighted by Crippen LogP contribution is 2.14. The number of hydrogen-bond acceptors (Lipinski definition) is 2. The summed E-state index contributed by atoms with van der Waals surface area (Å²) in [5.74, 6) is 0. The van der Waals surface area contributed by atoms with Crippen LogP contribution in [0.15, 0.2) is 48.8 Å². The number of halogens is 1. The van der Waals surface area contributed by atoms with E-state index in [0.29, 0.717) is 10.1 Å². The van der Waals surface area contributed by atoms with Gasteiger partial charge in [0, 0.05) is 23.1 Å². The van der Waals surface area contributed by atoms with Crippen LogP contribution < -0.4 is 10.6 Å². The summed E-state index contributed by atoms with van der Waals surface area (Å²) in [6, 6.07) is 11.4. The van der Waals surface area contributed by atoms with Gasteiger partial charge in [-0.15, -0.1) is 0 Å². The second-order valence-electron chi connectivity index (χ2n) is 4.11. The Morgan fingerprint density at radius 2 is 1.79 bits per heavy atom. The van der Waals surface area contributed by atoms with Crippen molar-refractivity contribution in [2.45, 2.75) is 13.0 Å². The van der Waals surface area contributed by atoms with Crippen LogP contribution in [-0.2, 0) is 0 Å². The summed E-state index contributed by atoms with van der Waals surface area (Å²) >= 11 is 11.1. The van der Waals surface area contributed by atoms with Crippen LogP contribution in [0.5, 0.6) is 0 Å². The van der Waals surface area contributed by atoms with Crippen molar-refractivity contribution in [2.24, 2.45) is 0 Å². The Bertz CT molecular complexity index is 542. The Hall–Kier alpha value is -1.65. The highest BCUT2D eigenvalue weighted by atomic mass is 35.5. The minimum Gasteiger partial charge on any atom is -0.356 e. The zero-order chi connectivity index (χ0) is 13.7. The first kappa shape index (κ1) is 13.8. The molecule has 0 saturated carbocycles. The molecule has 5 heteroatoms. The van der Waals surface area contributed by atoms with Crippen molar-refractivity contribution in [3.63, 3.8) is 0 Å². The Balaban J connectivity index is 1.93. The van der Waals surface area contributed by atoms with E-state index in [4.69, 9.17) is 23.8 Å². The van der Waals surface area contributed by atoms with E-state index in [1.807, 2.05) is 43.3 Å². The lowest BCUT2D eigenvalue weighted by atomic mass is 10.1. The van der Waals surface area contributed by atoms with Crippen molar-refractivity contribution in [2.75, 3.05) is 5.32 Å². The Morgan fingerprint density at radius 3 is 2.42 bits per heavy atom. The van der Waals surface area contributed by atoms with Crippen molar-refractivity contribution in [1.82, 2.24) is 10.3 Å². The topological polar surface area (TPSA) is 37.0 Å². The molecule has 0 aliphatic rings. The number of aromatic nitrogens is 1. The van der Waals surface area contributed by atoms with Gasteiger partial charge in [-0.05, 0) is 61.1 Å². The standard InChI is InChI=1S/C14H14ClN3S/c1-10(11-6-8-16-9-7-11)17-14(19)18-13-4-2-12(15)3-5-13/h2-10H,1H3,(H2,17,18,19). The monoisotopic (exact) mass is 291 g/mol. The maximum Gasteiger partial charge on any atom is 0.171 e. The van der Waals surface area contributed by atoms with Crippen molar-refractivity contribution in [1.29, 1.82) is 0 Å². The molecule has 0 bridgehead atoms. The summed E-state index contributed by atoms with van der Waals surface area (Å²) < 4.78 is 0. The maximum atomic E-state index is 5.83.